The van der Waals surface area contributed by atoms with Crippen molar-refractivity contribution >= 4 is 45.5 Å². The van der Waals surface area contributed by atoms with Gasteiger partial charge in [-0.05, 0) is 50.9 Å². The second-order valence-electron chi connectivity index (χ2n) is 9.46. The maximum atomic E-state index is 12.8. The predicted octanol–water partition coefficient (Wildman–Crippen LogP) is 1.13. The molecule has 1 amide bonds. The first kappa shape index (κ1) is 25.0. The van der Waals surface area contributed by atoms with Crippen LogP contribution in [0.2, 0.25) is 0 Å². The summed E-state index contributed by atoms with van der Waals surface area (Å²) in [5, 5.41) is 24.1. The highest BCUT2D eigenvalue weighted by Crippen LogP contribution is 2.46. The molecule has 2 saturated heterocycles. The van der Waals surface area contributed by atoms with E-state index in [1.54, 1.807) is 26.0 Å². The Hall–Kier alpha value is -3.14. The van der Waals surface area contributed by atoms with Crippen LogP contribution in [0.15, 0.2) is 29.3 Å². The topological polar surface area (TPSA) is 154 Å². The summed E-state index contributed by atoms with van der Waals surface area (Å²) in [7, 11) is -0.942. The lowest BCUT2D eigenvalue weighted by Gasteiger charge is -2.46. The second kappa shape index (κ2) is 9.14. The zero-order valence-corrected chi connectivity index (χ0v) is 20.4. The van der Waals surface area contributed by atoms with Crippen LogP contribution in [0, 0.1) is 17.5 Å². The standard InChI is InChI=1S/C24H28N3O7S/c1-11-19(18(22(31)32)27-24(11,3)17-12(2)34-23(17)33)35(4)15-9-16(25-10-15)20(28)26-14-7-5-6-13(8-14)21(29)30/h4-8,11-12,15-17,19,25H,9-10H2,1-3H3,(H,26,28)(H,29,30)(H,31,32)/q-1/t11-,12+,15-,16-,17-,19-,24+/m0/s1. The molecule has 0 unspecified atom stereocenters. The third-order valence-corrected chi connectivity index (χ3v) is 9.69. The van der Waals surface area contributed by atoms with Crippen LogP contribution in [0.4, 0.5) is 5.69 Å². The van der Waals surface area contributed by atoms with Crippen LogP contribution in [-0.4, -0.2) is 74.5 Å². The monoisotopic (exact) mass is 502 g/mol. The summed E-state index contributed by atoms with van der Waals surface area (Å²) in [4.78, 5) is 52.7. The van der Waals surface area contributed by atoms with Crippen LogP contribution in [0.1, 0.15) is 37.6 Å². The molecule has 1 aromatic carbocycles. The van der Waals surface area contributed by atoms with Crippen molar-refractivity contribution < 1.29 is 34.1 Å². The van der Waals surface area contributed by atoms with Crippen molar-refractivity contribution in [2.75, 3.05) is 11.9 Å². The third kappa shape index (κ3) is 4.35. The van der Waals surface area contributed by atoms with E-state index in [0.717, 1.165) is 0 Å². The van der Waals surface area contributed by atoms with Crippen molar-refractivity contribution in [2.45, 2.75) is 55.4 Å². The number of amides is 1. The zero-order valence-electron chi connectivity index (χ0n) is 19.6. The largest absolute Gasteiger partial charge is 0.478 e. The summed E-state index contributed by atoms with van der Waals surface area (Å²) in [6.07, 6.45) is 0.0339. The van der Waals surface area contributed by atoms with E-state index in [9.17, 15) is 24.3 Å². The molecule has 0 bridgehead atoms. The average Bonchev–Trinajstić information content (AvgIpc) is 3.37. The van der Waals surface area contributed by atoms with E-state index in [0.29, 0.717) is 18.7 Å². The van der Waals surface area contributed by atoms with E-state index in [1.165, 1.54) is 12.1 Å². The maximum Gasteiger partial charge on any atom is 0.348 e. The number of carbonyl (C=O) groups excluding carboxylic acids is 2. The van der Waals surface area contributed by atoms with Gasteiger partial charge in [0.05, 0.1) is 17.1 Å². The van der Waals surface area contributed by atoms with Gasteiger partial charge >= 0.3 is 17.9 Å². The minimum Gasteiger partial charge on any atom is -0.478 e. The van der Waals surface area contributed by atoms with E-state index < -0.39 is 45.0 Å². The smallest absolute Gasteiger partial charge is 0.348 e. The van der Waals surface area contributed by atoms with Gasteiger partial charge in [0.25, 0.3) is 0 Å². The van der Waals surface area contributed by atoms with E-state index in [4.69, 9.17) is 15.5 Å². The number of benzene rings is 1. The molecule has 4 N–H and O–H groups in total. The molecule has 3 aliphatic rings. The third-order valence-electron chi connectivity index (χ3n) is 7.34. The lowest BCUT2D eigenvalue weighted by Crippen LogP contribution is -2.57. The Balaban J connectivity index is 1.47. The van der Waals surface area contributed by atoms with Crippen molar-refractivity contribution in [3.63, 3.8) is 0 Å². The Kier molecular flexibility index (Phi) is 6.52. The second-order valence-corrected chi connectivity index (χ2v) is 11.5. The molecule has 35 heavy (non-hydrogen) atoms. The fourth-order valence-electron chi connectivity index (χ4n) is 5.29. The fourth-order valence-corrected chi connectivity index (χ4v) is 7.57. The molecule has 0 saturated carbocycles. The number of rotatable bonds is 5. The molecule has 3 heterocycles. The van der Waals surface area contributed by atoms with E-state index in [-0.39, 0.29) is 40.4 Å². The first-order valence-corrected chi connectivity index (χ1v) is 12.7. The molecular formula is C24H28N3O7S-. The van der Waals surface area contributed by atoms with Crippen molar-refractivity contribution in [1.29, 1.82) is 0 Å². The number of carboxylic acid groups (broad SMARTS) is 2. The van der Waals surface area contributed by atoms with Crippen LogP contribution in [0.25, 0.3) is 0 Å². The minimum atomic E-state index is -1.16. The number of esters is 1. The number of anilines is 1. The lowest BCUT2D eigenvalue weighted by atomic mass is 9.72. The summed E-state index contributed by atoms with van der Waals surface area (Å²) < 4.78 is 5.11. The molecule has 0 radical (unpaired) electrons. The summed E-state index contributed by atoms with van der Waals surface area (Å²) in [6, 6.07) is 5.40. The van der Waals surface area contributed by atoms with Crippen LogP contribution in [0.3, 0.4) is 0 Å². The highest BCUT2D eigenvalue weighted by Gasteiger charge is 2.58. The lowest BCUT2D eigenvalue weighted by molar-refractivity contribution is -0.189. The van der Waals surface area contributed by atoms with Gasteiger partial charge in [-0.1, -0.05) is 18.2 Å². The SMILES string of the molecule is C#[S-]([C@@H]1CN[C@H](C(=O)Nc2cccc(C(=O)O)c2)C1)[C@@H]1C(C(=O)O)=N[C@@](C)([C@@H]2C(=O)O[C@@H]2C)[C@H]1C. The molecule has 11 heteroatoms. The van der Waals surface area contributed by atoms with Crippen molar-refractivity contribution in [3.8, 4) is 5.69 Å². The van der Waals surface area contributed by atoms with Crippen LogP contribution in [0.5, 0.6) is 0 Å². The van der Waals surface area contributed by atoms with Gasteiger partial charge in [0.15, 0.2) is 0 Å². The molecule has 10 nitrogen and oxygen atoms in total. The number of hydrogen-bond donors (Lipinski definition) is 4. The Morgan fingerprint density at radius 3 is 2.57 bits per heavy atom. The van der Waals surface area contributed by atoms with E-state index >= 15 is 0 Å². The Morgan fingerprint density at radius 1 is 1.26 bits per heavy atom. The molecule has 188 valence electrons. The van der Waals surface area contributed by atoms with Gasteiger partial charge in [-0.3, -0.25) is 14.6 Å². The van der Waals surface area contributed by atoms with Gasteiger partial charge in [-0.25, -0.2) is 9.59 Å². The van der Waals surface area contributed by atoms with Crippen LogP contribution < -0.4 is 10.6 Å². The first-order chi connectivity index (χ1) is 16.4. The van der Waals surface area contributed by atoms with Crippen molar-refractivity contribution in [1.82, 2.24) is 5.32 Å². The summed E-state index contributed by atoms with van der Waals surface area (Å²) in [6.45, 7) is 5.85. The fraction of sp³-hybridized carbons (Fsp3) is 0.500. The zero-order chi connectivity index (χ0) is 25.7. The number of ether oxygens (including phenoxy) is 1. The van der Waals surface area contributed by atoms with E-state index in [2.05, 4.69) is 15.6 Å². The average molecular weight is 503 g/mol. The first-order valence-electron chi connectivity index (χ1n) is 11.3. The summed E-state index contributed by atoms with van der Waals surface area (Å²) in [5.41, 5.74) is 6.12. The Morgan fingerprint density at radius 2 is 1.97 bits per heavy atom. The highest BCUT2D eigenvalue weighted by molar-refractivity contribution is 7.88. The number of aliphatic imine (C=N–C) groups is 1. The maximum absolute atomic E-state index is 12.8. The summed E-state index contributed by atoms with van der Waals surface area (Å²) in [5.74, 6) is -3.80. The predicted molar refractivity (Wildman–Crippen MR) is 130 cm³/mol. The highest BCUT2D eigenvalue weighted by atomic mass is 32.2. The quantitative estimate of drug-likeness (QED) is 0.345. The van der Waals surface area contributed by atoms with Gasteiger partial charge in [0, 0.05) is 5.69 Å². The van der Waals surface area contributed by atoms with Gasteiger partial charge in [-0.15, -0.1) is 5.25 Å². The minimum absolute atomic E-state index is 0.0314. The molecule has 1 aromatic rings. The number of carbonyl (C=O) groups is 4. The Labute approximate surface area is 204 Å². The van der Waals surface area contributed by atoms with Crippen molar-refractivity contribution in [2.24, 2.45) is 16.8 Å². The van der Waals surface area contributed by atoms with Gasteiger partial charge < -0.3 is 41.6 Å². The number of nitrogens with one attached hydrogen (secondary N) is 2. The van der Waals surface area contributed by atoms with Gasteiger partial charge in [0.2, 0.25) is 5.91 Å². The number of cyclic esters (lactones) is 1. The molecule has 7 atom stereocenters. The number of carboxylic acids is 2. The van der Waals surface area contributed by atoms with Gasteiger partial charge in [-0.2, -0.15) is 0 Å². The van der Waals surface area contributed by atoms with Gasteiger partial charge in [0.1, 0.15) is 17.7 Å². The normalized spacial score (nSPS) is 34.1. The van der Waals surface area contributed by atoms with Crippen LogP contribution >= 0.6 is 0 Å². The van der Waals surface area contributed by atoms with Crippen LogP contribution in [-0.2, 0) is 29.4 Å². The summed E-state index contributed by atoms with van der Waals surface area (Å²) >= 11 is 0. The number of nitrogens with zero attached hydrogens (tertiary/aromatic N) is 1. The molecule has 0 spiro atoms. The molecular weight excluding hydrogens is 474 g/mol. The molecule has 3 aliphatic heterocycles. The number of aliphatic carboxylic acids is 1. The molecule has 2 fully saturated rings. The molecule has 4 rings (SSSR count). The number of hydrogen-bond acceptors (Lipinski definition) is 8. The molecule has 0 aliphatic carbocycles. The van der Waals surface area contributed by atoms with E-state index in [1.807, 2.05) is 6.92 Å². The Bertz CT molecular complexity index is 1200. The van der Waals surface area contributed by atoms with Crippen molar-refractivity contribution in [3.05, 3.63) is 29.8 Å². The number of aromatic carboxylic acids is 1. The molecule has 0 aromatic heterocycles.